The maximum Gasteiger partial charge on any atom is 0.251 e. The zero-order chi connectivity index (χ0) is 18.1. The van der Waals surface area contributed by atoms with Crippen LogP contribution in [-0.4, -0.2) is 24.9 Å². The summed E-state index contributed by atoms with van der Waals surface area (Å²) in [5.74, 6) is 0.123. The van der Waals surface area contributed by atoms with E-state index in [1.165, 1.54) is 5.56 Å². The van der Waals surface area contributed by atoms with Gasteiger partial charge in [-0.1, -0.05) is 55.0 Å². The topological polar surface area (TPSA) is 58.2 Å². The molecule has 25 heavy (non-hydrogen) atoms. The van der Waals surface area contributed by atoms with E-state index in [0.717, 1.165) is 12.0 Å². The van der Waals surface area contributed by atoms with Crippen molar-refractivity contribution in [3.63, 3.8) is 0 Å². The van der Waals surface area contributed by atoms with E-state index in [4.69, 9.17) is 0 Å². The van der Waals surface area contributed by atoms with Gasteiger partial charge in [0.15, 0.2) is 0 Å². The van der Waals surface area contributed by atoms with E-state index < -0.39 is 0 Å². The van der Waals surface area contributed by atoms with Crippen molar-refractivity contribution in [3.8, 4) is 0 Å². The van der Waals surface area contributed by atoms with Crippen molar-refractivity contribution in [3.05, 3.63) is 71.3 Å². The Morgan fingerprint density at radius 3 is 2.44 bits per heavy atom. The van der Waals surface area contributed by atoms with Gasteiger partial charge in [0.1, 0.15) is 0 Å². The van der Waals surface area contributed by atoms with Crippen LogP contribution in [0.1, 0.15) is 47.2 Å². The fraction of sp³-hybridized carbons (Fsp3) is 0.333. The van der Waals surface area contributed by atoms with Crippen molar-refractivity contribution >= 4 is 11.8 Å². The second-order valence-electron chi connectivity index (χ2n) is 6.20. The van der Waals surface area contributed by atoms with Gasteiger partial charge >= 0.3 is 0 Å². The van der Waals surface area contributed by atoms with Crippen molar-refractivity contribution in [1.29, 1.82) is 0 Å². The minimum absolute atomic E-state index is 0.0427. The van der Waals surface area contributed by atoms with Gasteiger partial charge in [-0.25, -0.2) is 0 Å². The van der Waals surface area contributed by atoms with Gasteiger partial charge in [-0.05, 0) is 31.0 Å². The van der Waals surface area contributed by atoms with Crippen molar-refractivity contribution in [2.24, 2.45) is 0 Å². The second kappa shape index (κ2) is 9.62. The number of benzene rings is 2. The van der Waals surface area contributed by atoms with Crippen molar-refractivity contribution < 1.29 is 9.59 Å². The minimum Gasteiger partial charge on any atom is -0.355 e. The minimum atomic E-state index is -0.146. The van der Waals surface area contributed by atoms with Crippen molar-refractivity contribution in [2.75, 3.05) is 13.1 Å². The van der Waals surface area contributed by atoms with E-state index in [2.05, 4.69) is 29.7 Å². The van der Waals surface area contributed by atoms with Crippen LogP contribution >= 0.6 is 0 Å². The highest BCUT2D eigenvalue weighted by Gasteiger charge is 2.11. The molecule has 4 nitrogen and oxygen atoms in total. The van der Waals surface area contributed by atoms with Crippen LogP contribution in [0, 0.1) is 6.92 Å². The Morgan fingerprint density at radius 1 is 1.00 bits per heavy atom. The predicted molar refractivity (Wildman–Crippen MR) is 101 cm³/mol. The zero-order valence-electron chi connectivity index (χ0n) is 14.9. The first kappa shape index (κ1) is 18.7. The van der Waals surface area contributed by atoms with Gasteiger partial charge in [0.2, 0.25) is 5.91 Å². The first-order valence-electron chi connectivity index (χ1n) is 8.76. The van der Waals surface area contributed by atoms with Crippen LogP contribution in [0.25, 0.3) is 0 Å². The summed E-state index contributed by atoms with van der Waals surface area (Å²) in [5, 5.41) is 5.76. The summed E-state index contributed by atoms with van der Waals surface area (Å²) in [4.78, 5) is 24.0. The Morgan fingerprint density at radius 2 is 1.76 bits per heavy atom. The van der Waals surface area contributed by atoms with Gasteiger partial charge in [0, 0.05) is 31.0 Å². The molecule has 2 aromatic rings. The van der Waals surface area contributed by atoms with E-state index >= 15 is 0 Å². The number of amides is 2. The van der Waals surface area contributed by atoms with E-state index in [-0.39, 0.29) is 18.2 Å². The molecule has 132 valence electrons. The molecule has 0 aliphatic heterocycles. The molecule has 2 amide bonds. The van der Waals surface area contributed by atoms with Crippen LogP contribution in [0.4, 0.5) is 0 Å². The highest BCUT2D eigenvalue weighted by molar-refractivity contribution is 5.94. The summed E-state index contributed by atoms with van der Waals surface area (Å²) in [6, 6.07) is 17.6. The lowest BCUT2D eigenvalue weighted by Gasteiger charge is -2.16. The highest BCUT2D eigenvalue weighted by Crippen LogP contribution is 2.17. The lowest BCUT2D eigenvalue weighted by Crippen LogP contribution is -2.32. The fourth-order valence-electron chi connectivity index (χ4n) is 2.73. The van der Waals surface area contributed by atoms with Gasteiger partial charge in [-0.15, -0.1) is 0 Å². The molecular formula is C21H26N2O2. The van der Waals surface area contributed by atoms with Crippen LogP contribution in [0.5, 0.6) is 0 Å². The third-order valence-electron chi connectivity index (χ3n) is 4.23. The van der Waals surface area contributed by atoms with Crippen molar-refractivity contribution in [1.82, 2.24) is 10.6 Å². The number of hydrogen-bond acceptors (Lipinski definition) is 2. The third kappa shape index (κ3) is 6.07. The Bertz CT molecular complexity index is 698. The molecule has 0 saturated heterocycles. The third-order valence-corrected chi connectivity index (χ3v) is 4.23. The summed E-state index contributed by atoms with van der Waals surface area (Å²) < 4.78 is 0. The molecule has 4 heteroatoms. The molecule has 0 spiro atoms. The molecule has 2 aromatic carbocycles. The van der Waals surface area contributed by atoms with Gasteiger partial charge < -0.3 is 10.6 Å². The van der Waals surface area contributed by atoms with Crippen LogP contribution in [0.15, 0.2) is 54.6 Å². The first-order valence-corrected chi connectivity index (χ1v) is 8.76. The SMILES string of the molecule is CC[C@H](CNC(=O)CCNC(=O)c1cccc(C)c1)c1ccccc1. The quantitative estimate of drug-likeness (QED) is 0.775. The maximum absolute atomic E-state index is 12.0. The number of aryl methyl sites for hydroxylation is 1. The standard InChI is InChI=1S/C21H26N2O2/c1-3-17(18-9-5-4-6-10-18)15-23-20(24)12-13-22-21(25)19-11-7-8-16(2)14-19/h4-11,14,17H,3,12-13,15H2,1-2H3,(H,22,25)(H,23,24)/t17-/m1/s1. The molecule has 0 saturated carbocycles. The molecule has 0 unspecified atom stereocenters. The smallest absolute Gasteiger partial charge is 0.251 e. The number of hydrogen-bond donors (Lipinski definition) is 2. The molecule has 0 heterocycles. The molecule has 0 fully saturated rings. The van der Waals surface area contributed by atoms with Crippen LogP contribution in [0.2, 0.25) is 0 Å². The number of nitrogens with one attached hydrogen (secondary N) is 2. The Balaban J connectivity index is 1.72. The van der Waals surface area contributed by atoms with Crippen LogP contribution in [-0.2, 0) is 4.79 Å². The summed E-state index contributed by atoms with van der Waals surface area (Å²) >= 11 is 0. The number of carbonyl (C=O) groups is 2. The fourth-order valence-corrected chi connectivity index (χ4v) is 2.73. The normalized spacial score (nSPS) is 11.6. The molecule has 0 radical (unpaired) electrons. The summed E-state index contributed by atoms with van der Waals surface area (Å²) in [6.07, 6.45) is 1.25. The Kier molecular flexibility index (Phi) is 7.20. The Hall–Kier alpha value is -2.62. The summed E-state index contributed by atoms with van der Waals surface area (Å²) in [6.45, 7) is 5.01. The average molecular weight is 338 g/mol. The van der Waals surface area contributed by atoms with E-state index in [1.807, 2.05) is 43.3 Å². The van der Waals surface area contributed by atoms with Gasteiger partial charge in [0.05, 0.1) is 0 Å². The first-order chi connectivity index (χ1) is 12.1. The molecule has 1 atom stereocenters. The number of carbonyl (C=O) groups excluding carboxylic acids is 2. The lowest BCUT2D eigenvalue weighted by atomic mass is 9.96. The van der Waals surface area contributed by atoms with E-state index in [0.29, 0.717) is 24.6 Å². The van der Waals surface area contributed by atoms with Crippen molar-refractivity contribution in [2.45, 2.75) is 32.6 Å². The van der Waals surface area contributed by atoms with Crippen LogP contribution < -0.4 is 10.6 Å². The second-order valence-corrected chi connectivity index (χ2v) is 6.20. The monoisotopic (exact) mass is 338 g/mol. The number of rotatable bonds is 8. The molecule has 0 aliphatic carbocycles. The molecule has 2 N–H and O–H groups in total. The molecule has 0 bridgehead atoms. The molecule has 2 rings (SSSR count). The van der Waals surface area contributed by atoms with E-state index in [9.17, 15) is 9.59 Å². The van der Waals surface area contributed by atoms with Crippen LogP contribution in [0.3, 0.4) is 0 Å². The zero-order valence-corrected chi connectivity index (χ0v) is 14.9. The molecule has 0 aromatic heterocycles. The predicted octanol–water partition coefficient (Wildman–Crippen LogP) is 3.42. The molecule has 0 aliphatic rings. The van der Waals surface area contributed by atoms with E-state index in [1.54, 1.807) is 6.07 Å². The molecular weight excluding hydrogens is 312 g/mol. The lowest BCUT2D eigenvalue weighted by molar-refractivity contribution is -0.121. The summed E-state index contributed by atoms with van der Waals surface area (Å²) in [7, 11) is 0. The largest absolute Gasteiger partial charge is 0.355 e. The highest BCUT2D eigenvalue weighted by atomic mass is 16.2. The van der Waals surface area contributed by atoms with Gasteiger partial charge in [0.25, 0.3) is 5.91 Å². The van der Waals surface area contributed by atoms with Gasteiger partial charge in [-0.3, -0.25) is 9.59 Å². The average Bonchev–Trinajstić information content (AvgIpc) is 2.63. The Labute approximate surface area is 149 Å². The van der Waals surface area contributed by atoms with Gasteiger partial charge in [-0.2, -0.15) is 0 Å². The maximum atomic E-state index is 12.0. The summed E-state index contributed by atoms with van der Waals surface area (Å²) in [5.41, 5.74) is 2.89.